The fourth-order valence-corrected chi connectivity index (χ4v) is 2.85. The number of hydrogen-bond donors (Lipinski definition) is 2. The molecule has 3 aromatic rings. The second kappa shape index (κ2) is 8.81. The molecule has 2 N–H and O–H groups in total. The quantitative estimate of drug-likeness (QED) is 0.679. The van der Waals surface area contributed by atoms with E-state index >= 15 is 0 Å². The van der Waals surface area contributed by atoms with Crippen LogP contribution >= 0.6 is 0 Å². The van der Waals surface area contributed by atoms with Gasteiger partial charge in [0.15, 0.2) is 0 Å². The van der Waals surface area contributed by atoms with Gasteiger partial charge in [-0.1, -0.05) is 72.8 Å². The second-order valence-electron chi connectivity index (χ2n) is 6.03. The van der Waals surface area contributed by atoms with Crippen LogP contribution in [0.3, 0.4) is 0 Å². The molecule has 0 radical (unpaired) electrons. The first-order chi connectivity index (χ1) is 12.7. The van der Waals surface area contributed by atoms with Gasteiger partial charge in [-0.25, -0.2) is 9.18 Å². The second-order valence-corrected chi connectivity index (χ2v) is 6.03. The summed E-state index contributed by atoms with van der Waals surface area (Å²) in [6, 6.07) is 25.6. The van der Waals surface area contributed by atoms with Crippen LogP contribution in [0.2, 0.25) is 0 Å². The molecule has 132 valence electrons. The van der Waals surface area contributed by atoms with Gasteiger partial charge in [-0.3, -0.25) is 0 Å². The molecule has 0 fully saturated rings. The zero-order valence-electron chi connectivity index (χ0n) is 14.4. The predicted molar refractivity (Wildman–Crippen MR) is 101 cm³/mol. The summed E-state index contributed by atoms with van der Waals surface area (Å²) < 4.78 is 13.2. The van der Waals surface area contributed by atoms with Crippen LogP contribution in [0, 0.1) is 5.82 Å². The Morgan fingerprint density at radius 1 is 0.846 bits per heavy atom. The third-order valence-electron chi connectivity index (χ3n) is 4.13. The highest BCUT2D eigenvalue weighted by Crippen LogP contribution is 2.21. The highest BCUT2D eigenvalue weighted by Gasteiger charge is 2.16. The van der Waals surface area contributed by atoms with Crippen molar-refractivity contribution < 1.29 is 9.18 Å². The highest BCUT2D eigenvalue weighted by atomic mass is 19.1. The molecular formula is C22H21FN2O. The Balaban J connectivity index is 1.62. The number of nitrogens with one attached hydrogen (secondary N) is 2. The van der Waals surface area contributed by atoms with Crippen molar-refractivity contribution in [2.45, 2.75) is 12.5 Å². The van der Waals surface area contributed by atoms with Gasteiger partial charge in [0.25, 0.3) is 0 Å². The molecule has 0 unspecified atom stereocenters. The van der Waals surface area contributed by atoms with Gasteiger partial charge in [0.05, 0.1) is 6.04 Å². The van der Waals surface area contributed by atoms with Gasteiger partial charge >= 0.3 is 6.03 Å². The van der Waals surface area contributed by atoms with Gasteiger partial charge in [0.2, 0.25) is 0 Å². The van der Waals surface area contributed by atoms with E-state index in [1.54, 1.807) is 6.07 Å². The third kappa shape index (κ3) is 4.93. The Bertz CT molecular complexity index is 798. The van der Waals surface area contributed by atoms with E-state index in [1.807, 2.05) is 66.7 Å². The van der Waals surface area contributed by atoms with Crippen molar-refractivity contribution >= 4 is 6.03 Å². The topological polar surface area (TPSA) is 41.1 Å². The molecule has 0 aliphatic rings. The minimum absolute atomic E-state index is 0.230. The maximum absolute atomic E-state index is 13.2. The number of halogens is 1. The first-order valence-electron chi connectivity index (χ1n) is 8.61. The smallest absolute Gasteiger partial charge is 0.315 e. The maximum Gasteiger partial charge on any atom is 0.315 e. The van der Waals surface area contributed by atoms with Crippen molar-refractivity contribution in [1.82, 2.24) is 10.6 Å². The van der Waals surface area contributed by atoms with Crippen molar-refractivity contribution in [3.8, 4) is 0 Å². The van der Waals surface area contributed by atoms with Gasteiger partial charge in [-0.15, -0.1) is 0 Å². The molecule has 0 aliphatic heterocycles. The van der Waals surface area contributed by atoms with Crippen LogP contribution in [0.25, 0.3) is 0 Å². The standard InChI is InChI=1S/C22H21FN2O/c23-20-13-7-8-17(16-20)14-15-24-22(26)25-21(18-9-3-1-4-10-18)19-11-5-2-6-12-19/h1-13,16,21H,14-15H2,(H2,24,25,26). The van der Waals surface area contributed by atoms with Crippen molar-refractivity contribution in [2.75, 3.05) is 6.54 Å². The Morgan fingerprint density at radius 3 is 2.04 bits per heavy atom. The lowest BCUT2D eigenvalue weighted by molar-refractivity contribution is 0.239. The molecule has 0 spiro atoms. The number of carbonyl (C=O) groups excluding carboxylic acids is 1. The van der Waals surface area contributed by atoms with Gasteiger partial charge < -0.3 is 10.6 Å². The molecule has 26 heavy (non-hydrogen) atoms. The summed E-state index contributed by atoms with van der Waals surface area (Å²) in [6.07, 6.45) is 0.576. The van der Waals surface area contributed by atoms with Crippen LogP contribution in [0.5, 0.6) is 0 Å². The Hall–Kier alpha value is -3.14. The van der Waals surface area contributed by atoms with E-state index < -0.39 is 0 Å². The van der Waals surface area contributed by atoms with Crippen LogP contribution in [0.15, 0.2) is 84.9 Å². The molecule has 0 aliphatic carbocycles. The number of benzene rings is 3. The van der Waals surface area contributed by atoms with Crippen LogP contribution in [0.4, 0.5) is 9.18 Å². The lowest BCUT2D eigenvalue weighted by Crippen LogP contribution is -2.39. The molecule has 3 nitrogen and oxygen atoms in total. The first kappa shape index (κ1) is 17.7. The van der Waals surface area contributed by atoms with Crippen LogP contribution < -0.4 is 10.6 Å². The van der Waals surface area contributed by atoms with Crippen LogP contribution in [0.1, 0.15) is 22.7 Å². The molecule has 3 aromatic carbocycles. The average molecular weight is 348 g/mol. The Kier molecular flexibility index (Phi) is 5.99. The molecule has 0 bridgehead atoms. The van der Waals surface area contributed by atoms with E-state index in [0.717, 1.165) is 16.7 Å². The highest BCUT2D eigenvalue weighted by molar-refractivity contribution is 5.75. The summed E-state index contributed by atoms with van der Waals surface area (Å²) in [5.41, 5.74) is 2.88. The summed E-state index contributed by atoms with van der Waals surface area (Å²) >= 11 is 0. The van der Waals surface area contributed by atoms with Crippen LogP contribution in [-0.2, 0) is 6.42 Å². The lowest BCUT2D eigenvalue weighted by atomic mass is 9.99. The molecule has 0 saturated heterocycles. The SMILES string of the molecule is O=C(NCCc1cccc(F)c1)NC(c1ccccc1)c1ccccc1. The molecule has 0 aromatic heterocycles. The van der Waals surface area contributed by atoms with Crippen molar-refractivity contribution in [2.24, 2.45) is 0 Å². The maximum atomic E-state index is 13.2. The van der Waals surface area contributed by atoms with Gasteiger partial charge in [0.1, 0.15) is 5.82 Å². The van der Waals surface area contributed by atoms with Gasteiger partial charge in [-0.05, 0) is 35.2 Å². The molecular weight excluding hydrogens is 327 g/mol. The Labute approximate surface area is 152 Å². The van der Waals surface area contributed by atoms with Gasteiger partial charge in [0, 0.05) is 6.54 Å². The minimum Gasteiger partial charge on any atom is -0.338 e. The minimum atomic E-state index is -0.264. The van der Waals surface area contributed by atoms with Crippen molar-refractivity contribution in [3.63, 3.8) is 0 Å². The number of carbonyl (C=O) groups is 1. The average Bonchev–Trinajstić information content (AvgIpc) is 2.67. The molecule has 0 atom stereocenters. The zero-order valence-corrected chi connectivity index (χ0v) is 14.4. The van der Waals surface area contributed by atoms with E-state index in [0.29, 0.717) is 13.0 Å². The number of amides is 2. The van der Waals surface area contributed by atoms with E-state index in [2.05, 4.69) is 10.6 Å². The summed E-state index contributed by atoms with van der Waals surface area (Å²) in [5, 5.41) is 5.87. The van der Waals surface area contributed by atoms with E-state index in [9.17, 15) is 9.18 Å². The predicted octanol–water partition coefficient (Wildman–Crippen LogP) is 4.46. The summed E-state index contributed by atoms with van der Waals surface area (Å²) in [6.45, 7) is 0.436. The zero-order chi connectivity index (χ0) is 18.2. The monoisotopic (exact) mass is 348 g/mol. The third-order valence-corrected chi connectivity index (χ3v) is 4.13. The van der Waals surface area contributed by atoms with Gasteiger partial charge in [-0.2, -0.15) is 0 Å². The van der Waals surface area contributed by atoms with Crippen LogP contribution in [-0.4, -0.2) is 12.6 Å². The summed E-state index contributed by atoms with van der Waals surface area (Å²) in [4.78, 5) is 12.4. The first-order valence-corrected chi connectivity index (χ1v) is 8.61. The lowest BCUT2D eigenvalue weighted by Gasteiger charge is -2.20. The number of hydrogen-bond acceptors (Lipinski definition) is 1. The van der Waals surface area contributed by atoms with E-state index in [1.165, 1.54) is 12.1 Å². The Morgan fingerprint density at radius 2 is 1.46 bits per heavy atom. The molecule has 0 saturated carbocycles. The van der Waals surface area contributed by atoms with E-state index in [4.69, 9.17) is 0 Å². The molecule has 2 amide bonds. The van der Waals surface area contributed by atoms with E-state index in [-0.39, 0.29) is 17.9 Å². The number of rotatable bonds is 6. The largest absolute Gasteiger partial charge is 0.338 e. The molecule has 4 heteroatoms. The fraction of sp³-hybridized carbons (Fsp3) is 0.136. The number of urea groups is 1. The summed E-state index contributed by atoms with van der Waals surface area (Å²) in [7, 11) is 0. The molecule has 0 heterocycles. The summed E-state index contributed by atoms with van der Waals surface area (Å²) in [5.74, 6) is -0.264. The van der Waals surface area contributed by atoms with Crippen molar-refractivity contribution in [3.05, 3.63) is 107 Å². The normalized spacial score (nSPS) is 10.5. The molecule has 3 rings (SSSR count). The van der Waals surface area contributed by atoms with Crippen molar-refractivity contribution in [1.29, 1.82) is 0 Å². The fourth-order valence-electron chi connectivity index (χ4n) is 2.85.